The molecule has 1 unspecified atom stereocenters. The largest absolute Gasteiger partial charge is 0.497 e. The van der Waals surface area contributed by atoms with Crippen molar-refractivity contribution in [2.24, 2.45) is 0 Å². The molecule has 1 aliphatic rings. The quantitative estimate of drug-likeness (QED) is 0.690. The second-order valence-electron chi connectivity index (χ2n) is 8.22. The smallest absolute Gasteiger partial charge is 0.227 e. The Bertz CT molecular complexity index is 950. The average Bonchev–Trinajstić information content (AvgIpc) is 3.00. The maximum Gasteiger partial charge on any atom is 0.227 e. The van der Waals surface area contributed by atoms with E-state index in [1.165, 1.54) is 5.56 Å². The van der Waals surface area contributed by atoms with Crippen molar-refractivity contribution in [1.29, 1.82) is 0 Å². The first-order valence-electron chi connectivity index (χ1n) is 10.6. The van der Waals surface area contributed by atoms with Gasteiger partial charge in [-0.05, 0) is 62.1 Å². The lowest BCUT2D eigenvalue weighted by Crippen LogP contribution is -2.35. The first kappa shape index (κ1) is 22.3. The topological polar surface area (TPSA) is 63.7 Å². The van der Waals surface area contributed by atoms with E-state index in [2.05, 4.69) is 12.1 Å². The van der Waals surface area contributed by atoms with Crippen LogP contribution in [0.3, 0.4) is 0 Å². The summed E-state index contributed by atoms with van der Waals surface area (Å²) in [5, 5.41) is -0.461. The van der Waals surface area contributed by atoms with Crippen molar-refractivity contribution in [3.8, 4) is 5.75 Å². The van der Waals surface area contributed by atoms with Gasteiger partial charge in [-0.25, -0.2) is 8.42 Å². The summed E-state index contributed by atoms with van der Waals surface area (Å²) in [6.45, 7) is 4.83. The van der Waals surface area contributed by atoms with Crippen molar-refractivity contribution in [2.75, 3.05) is 20.2 Å². The van der Waals surface area contributed by atoms with E-state index in [4.69, 9.17) is 4.74 Å². The van der Waals surface area contributed by atoms with E-state index >= 15 is 0 Å². The van der Waals surface area contributed by atoms with Gasteiger partial charge < -0.3 is 9.64 Å². The zero-order valence-electron chi connectivity index (χ0n) is 18.0. The summed E-state index contributed by atoms with van der Waals surface area (Å²) in [7, 11) is -1.64. The molecule has 0 radical (unpaired) electrons. The number of methoxy groups -OCH3 is 1. The number of carbonyl (C=O) groups excluding carboxylic acids is 1. The Morgan fingerprint density at radius 1 is 1.07 bits per heavy atom. The lowest BCUT2D eigenvalue weighted by Gasteiger charge is -2.25. The molecule has 1 fully saturated rings. The molecule has 6 heteroatoms. The second kappa shape index (κ2) is 9.65. The minimum Gasteiger partial charge on any atom is -0.497 e. The Hall–Kier alpha value is -2.34. The molecule has 2 aromatic rings. The zero-order chi connectivity index (χ0) is 21.7. The summed E-state index contributed by atoms with van der Waals surface area (Å²) in [6, 6.07) is 14.9. The predicted molar refractivity (Wildman–Crippen MR) is 119 cm³/mol. The molecule has 0 N–H and O–H groups in total. The lowest BCUT2D eigenvalue weighted by molar-refractivity contribution is -0.130. The number of likely N-dealkylation sites (tertiary alicyclic amines) is 1. The molecule has 0 spiro atoms. The van der Waals surface area contributed by atoms with Crippen LogP contribution in [0.2, 0.25) is 0 Å². The van der Waals surface area contributed by atoms with Gasteiger partial charge in [0.15, 0.2) is 9.84 Å². The number of benzene rings is 2. The summed E-state index contributed by atoms with van der Waals surface area (Å²) < 4.78 is 29.8. The normalized spacial score (nSPS) is 17.6. The summed E-state index contributed by atoms with van der Waals surface area (Å²) >= 11 is 0. The number of ether oxygens (including phenoxy) is 1. The standard InChI is InChI=1S/C24H31NO4S/c1-18(2)30(27,28)23-13-7-19(8-14-23)16-24(26)25-15-5-4-6-21(17-25)20-9-11-22(29-3)12-10-20/h7-14,18,21H,4-6,15-17H2,1-3H3. The molecule has 0 aliphatic carbocycles. The van der Waals surface area contributed by atoms with Crippen LogP contribution in [0.1, 0.15) is 50.2 Å². The van der Waals surface area contributed by atoms with Crippen LogP contribution >= 0.6 is 0 Å². The molecule has 2 aromatic carbocycles. The van der Waals surface area contributed by atoms with E-state index in [9.17, 15) is 13.2 Å². The van der Waals surface area contributed by atoms with Crippen LogP contribution in [0.25, 0.3) is 0 Å². The molecule has 5 nitrogen and oxygen atoms in total. The van der Waals surface area contributed by atoms with Crippen LogP contribution in [0, 0.1) is 0 Å². The van der Waals surface area contributed by atoms with Crippen LogP contribution in [0.4, 0.5) is 0 Å². The number of amides is 1. The molecular weight excluding hydrogens is 398 g/mol. The summed E-state index contributed by atoms with van der Waals surface area (Å²) in [5.41, 5.74) is 2.08. The molecule has 0 saturated carbocycles. The van der Waals surface area contributed by atoms with Gasteiger partial charge in [0.2, 0.25) is 5.91 Å². The fourth-order valence-electron chi connectivity index (χ4n) is 3.87. The van der Waals surface area contributed by atoms with Crippen LogP contribution < -0.4 is 4.74 Å². The molecule has 1 aliphatic heterocycles. The van der Waals surface area contributed by atoms with Crippen LogP contribution in [-0.2, 0) is 21.1 Å². The molecule has 162 valence electrons. The van der Waals surface area contributed by atoms with E-state index < -0.39 is 15.1 Å². The van der Waals surface area contributed by atoms with Crippen molar-refractivity contribution in [2.45, 2.75) is 55.6 Å². The van der Waals surface area contributed by atoms with E-state index in [-0.39, 0.29) is 12.3 Å². The highest BCUT2D eigenvalue weighted by Crippen LogP contribution is 2.28. The van der Waals surface area contributed by atoms with Gasteiger partial charge in [-0.15, -0.1) is 0 Å². The first-order valence-corrected chi connectivity index (χ1v) is 12.1. The summed E-state index contributed by atoms with van der Waals surface area (Å²) in [5.74, 6) is 1.25. The Morgan fingerprint density at radius 2 is 1.73 bits per heavy atom. The van der Waals surface area contributed by atoms with E-state index in [0.717, 1.165) is 37.1 Å². The fraction of sp³-hybridized carbons (Fsp3) is 0.458. The zero-order valence-corrected chi connectivity index (χ0v) is 18.8. The highest BCUT2D eigenvalue weighted by molar-refractivity contribution is 7.92. The van der Waals surface area contributed by atoms with Crippen LogP contribution in [0.15, 0.2) is 53.4 Å². The first-order chi connectivity index (χ1) is 14.3. The molecule has 0 bridgehead atoms. The van der Waals surface area contributed by atoms with E-state index in [0.29, 0.717) is 17.4 Å². The minimum atomic E-state index is -3.29. The summed E-state index contributed by atoms with van der Waals surface area (Å²) in [6.07, 6.45) is 3.46. The summed E-state index contributed by atoms with van der Waals surface area (Å²) in [4.78, 5) is 15.2. The van der Waals surface area contributed by atoms with Gasteiger partial charge in [-0.2, -0.15) is 0 Å². The minimum absolute atomic E-state index is 0.0925. The van der Waals surface area contributed by atoms with Crippen molar-refractivity contribution >= 4 is 15.7 Å². The van der Waals surface area contributed by atoms with E-state index in [1.54, 1.807) is 45.2 Å². The third-order valence-corrected chi connectivity index (χ3v) is 8.01. The van der Waals surface area contributed by atoms with Gasteiger partial charge in [0.25, 0.3) is 0 Å². The number of nitrogens with zero attached hydrogens (tertiary/aromatic N) is 1. The molecule has 1 amide bonds. The number of carbonyl (C=O) groups is 1. The highest BCUT2D eigenvalue weighted by atomic mass is 32.2. The lowest BCUT2D eigenvalue weighted by atomic mass is 9.94. The SMILES string of the molecule is COc1ccc(C2CCCCN(C(=O)Cc3ccc(S(=O)(=O)C(C)C)cc3)C2)cc1. The number of sulfone groups is 1. The third-order valence-electron chi connectivity index (χ3n) is 5.84. The van der Waals surface area contributed by atoms with Crippen LogP contribution in [0.5, 0.6) is 5.75 Å². The van der Waals surface area contributed by atoms with Crippen molar-refractivity contribution < 1.29 is 17.9 Å². The Kier molecular flexibility index (Phi) is 7.19. The highest BCUT2D eigenvalue weighted by Gasteiger charge is 2.24. The van der Waals surface area contributed by atoms with E-state index in [1.807, 2.05) is 17.0 Å². The number of hydrogen-bond acceptors (Lipinski definition) is 4. The maximum absolute atomic E-state index is 13.0. The van der Waals surface area contributed by atoms with Gasteiger partial charge >= 0.3 is 0 Å². The Morgan fingerprint density at radius 3 is 2.33 bits per heavy atom. The maximum atomic E-state index is 13.0. The van der Waals surface area contributed by atoms with Gasteiger partial charge in [0, 0.05) is 19.0 Å². The van der Waals surface area contributed by atoms with Gasteiger partial charge in [-0.3, -0.25) is 4.79 Å². The van der Waals surface area contributed by atoms with Crippen molar-refractivity contribution in [3.05, 3.63) is 59.7 Å². The number of rotatable bonds is 6. The number of hydrogen-bond donors (Lipinski definition) is 0. The Labute approximate surface area is 180 Å². The van der Waals surface area contributed by atoms with Gasteiger partial charge in [-0.1, -0.05) is 30.7 Å². The second-order valence-corrected chi connectivity index (χ2v) is 10.7. The fourth-order valence-corrected chi connectivity index (χ4v) is 4.93. The molecule has 1 atom stereocenters. The molecule has 1 heterocycles. The third kappa shape index (κ3) is 5.22. The Balaban J connectivity index is 1.68. The molecule has 3 rings (SSSR count). The van der Waals surface area contributed by atoms with Gasteiger partial charge in [0.1, 0.15) is 5.75 Å². The molecule has 0 aromatic heterocycles. The van der Waals surface area contributed by atoms with Crippen molar-refractivity contribution in [3.63, 3.8) is 0 Å². The monoisotopic (exact) mass is 429 g/mol. The molecule has 1 saturated heterocycles. The predicted octanol–water partition coefficient (Wildman–Crippen LogP) is 4.22. The molecule has 30 heavy (non-hydrogen) atoms. The average molecular weight is 430 g/mol. The van der Waals surface area contributed by atoms with Crippen molar-refractivity contribution in [1.82, 2.24) is 4.90 Å². The van der Waals surface area contributed by atoms with Crippen LogP contribution in [-0.4, -0.2) is 44.7 Å². The van der Waals surface area contributed by atoms with Gasteiger partial charge in [0.05, 0.1) is 23.7 Å². The molecular formula is C24H31NO4S.